The lowest BCUT2D eigenvalue weighted by molar-refractivity contribution is 0.0529. The summed E-state index contributed by atoms with van der Waals surface area (Å²) in [5.74, 6) is -0.639. The summed E-state index contributed by atoms with van der Waals surface area (Å²) in [6.45, 7) is 2.65. The summed E-state index contributed by atoms with van der Waals surface area (Å²) in [7, 11) is 0. The monoisotopic (exact) mass is 302 g/mol. The van der Waals surface area contributed by atoms with E-state index in [1.165, 1.54) is 11.3 Å². The zero-order valence-corrected chi connectivity index (χ0v) is 12.7. The number of benzene rings is 1. The van der Waals surface area contributed by atoms with Gasteiger partial charge in [0.05, 0.1) is 4.88 Å². The maximum atomic E-state index is 12.5. The number of imide groups is 1. The van der Waals surface area contributed by atoms with Crippen LogP contribution in [-0.2, 0) is 0 Å². The second kappa shape index (κ2) is 7.71. The largest absolute Gasteiger partial charge is 0.285 e. The van der Waals surface area contributed by atoms with E-state index >= 15 is 0 Å². The first-order valence-electron chi connectivity index (χ1n) is 6.95. The van der Waals surface area contributed by atoms with Crippen LogP contribution in [0.2, 0.25) is 0 Å². The highest BCUT2D eigenvalue weighted by Crippen LogP contribution is 2.13. The van der Waals surface area contributed by atoms with Crippen molar-refractivity contribution < 1.29 is 9.59 Å². The lowest BCUT2D eigenvalue weighted by atomic mass is 10.2. The minimum atomic E-state index is -0.329. The van der Waals surface area contributed by atoms with Crippen molar-refractivity contribution in [2.45, 2.75) is 19.8 Å². The number of unbranched alkanes of at least 4 members (excludes halogenated alkanes) is 1. The fraction of sp³-hybridized carbons (Fsp3) is 0.250. The summed E-state index contributed by atoms with van der Waals surface area (Å²) in [4.78, 5) is 25.5. The van der Waals surface area contributed by atoms with E-state index in [0.29, 0.717) is 17.0 Å². The first-order chi connectivity index (χ1) is 10.2. The number of amides is 2. The SMILES string of the molecule is CCCCNN(C(=O)c1ccccc1)C(=O)c1cccs1. The molecule has 4 nitrogen and oxygen atoms in total. The van der Waals surface area contributed by atoms with Crippen molar-refractivity contribution in [2.24, 2.45) is 0 Å². The molecule has 0 spiro atoms. The highest BCUT2D eigenvalue weighted by Gasteiger charge is 2.24. The lowest BCUT2D eigenvalue weighted by Crippen LogP contribution is -2.47. The van der Waals surface area contributed by atoms with Gasteiger partial charge in [-0.05, 0) is 30.0 Å². The molecule has 1 heterocycles. The van der Waals surface area contributed by atoms with Crippen LogP contribution in [0.15, 0.2) is 47.8 Å². The van der Waals surface area contributed by atoms with Crippen molar-refractivity contribution in [2.75, 3.05) is 6.54 Å². The van der Waals surface area contributed by atoms with Crippen molar-refractivity contribution in [3.8, 4) is 0 Å². The second-order valence-electron chi connectivity index (χ2n) is 4.55. The van der Waals surface area contributed by atoms with Crippen molar-refractivity contribution in [1.29, 1.82) is 0 Å². The van der Waals surface area contributed by atoms with Crippen LogP contribution in [0, 0.1) is 0 Å². The molecule has 1 N–H and O–H groups in total. The minimum absolute atomic E-state index is 0.310. The third kappa shape index (κ3) is 4.00. The molecule has 2 amide bonds. The lowest BCUT2D eigenvalue weighted by Gasteiger charge is -2.21. The molecule has 110 valence electrons. The molecule has 0 fully saturated rings. The highest BCUT2D eigenvalue weighted by atomic mass is 32.1. The predicted molar refractivity (Wildman–Crippen MR) is 84.2 cm³/mol. The standard InChI is InChI=1S/C16H18N2O2S/c1-2-3-11-17-18(16(20)14-10-7-12-21-14)15(19)13-8-5-4-6-9-13/h4-10,12,17H,2-3,11H2,1H3. The summed E-state index contributed by atoms with van der Waals surface area (Å²) in [5.41, 5.74) is 3.44. The van der Waals surface area contributed by atoms with Gasteiger partial charge in [-0.25, -0.2) is 10.4 Å². The molecule has 5 heteroatoms. The Morgan fingerprint density at radius 2 is 1.86 bits per heavy atom. The molecular weight excluding hydrogens is 284 g/mol. The van der Waals surface area contributed by atoms with Gasteiger partial charge in [0.15, 0.2) is 0 Å². The van der Waals surface area contributed by atoms with Crippen molar-refractivity contribution in [3.63, 3.8) is 0 Å². The zero-order valence-electron chi connectivity index (χ0n) is 11.9. The van der Waals surface area contributed by atoms with Gasteiger partial charge in [0.25, 0.3) is 11.8 Å². The van der Waals surface area contributed by atoms with Crippen LogP contribution in [0.25, 0.3) is 0 Å². The maximum absolute atomic E-state index is 12.5. The van der Waals surface area contributed by atoms with E-state index in [1.54, 1.807) is 36.4 Å². The third-order valence-electron chi connectivity index (χ3n) is 2.96. The quantitative estimate of drug-likeness (QED) is 0.506. The number of carbonyl (C=O) groups is 2. The average molecular weight is 302 g/mol. The van der Waals surface area contributed by atoms with Gasteiger partial charge in [-0.3, -0.25) is 9.59 Å². The van der Waals surface area contributed by atoms with Gasteiger partial charge in [0.1, 0.15) is 0 Å². The van der Waals surface area contributed by atoms with Crippen LogP contribution in [0.4, 0.5) is 0 Å². The number of carbonyl (C=O) groups excluding carboxylic acids is 2. The Kier molecular flexibility index (Phi) is 5.66. The Morgan fingerprint density at radius 3 is 2.48 bits per heavy atom. The molecule has 21 heavy (non-hydrogen) atoms. The molecule has 0 aliphatic rings. The third-order valence-corrected chi connectivity index (χ3v) is 3.82. The summed E-state index contributed by atoms with van der Waals surface area (Å²) in [6, 6.07) is 12.3. The molecule has 2 rings (SSSR count). The first kappa shape index (κ1) is 15.4. The van der Waals surface area contributed by atoms with Crippen molar-refractivity contribution >= 4 is 23.2 Å². The van der Waals surface area contributed by atoms with Gasteiger partial charge in [-0.2, -0.15) is 0 Å². The van der Waals surface area contributed by atoms with Gasteiger partial charge < -0.3 is 0 Å². The Bertz CT molecular complexity index is 582. The Morgan fingerprint density at radius 1 is 1.10 bits per heavy atom. The van der Waals surface area contributed by atoms with Crippen LogP contribution in [0.1, 0.15) is 39.8 Å². The van der Waals surface area contributed by atoms with E-state index in [2.05, 4.69) is 12.3 Å². The number of hydrogen-bond donors (Lipinski definition) is 1. The number of nitrogens with zero attached hydrogens (tertiary/aromatic N) is 1. The zero-order chi connectivity index (χ0) is 15.1. The smallest absolute Gasteiger partial charge is 0.267 e. The van der Waals surface area contributed by atoms with Crippen LogP contribution in [0.5, 0.6) is 0 Å². The second-order valence-corrected chi connectivity index (χ2v) is 5.50. The van der Waals surface area contributed by atoms with Gasteiger partial charge in [-0.15, -0.1) is 11.3 Å². The van der Waals surface area contributed by atoms with Crippen LogP contribution < -0.4 is 5.43 Å². The van der Waals surface area contributed by atoms with Crippen LogP contribution in [0.3, 0.4) is 0 Å². The molecule has 0 radical (unpaired) electrons. The van der Waals surface area contributed by atoms with Gasteiger partial charge in [0, 0.05) is 12.1 Å². The van der Waals surface area contributed by atoms with Crippen molar-refractivity contribution in [3.05, 3.63) is 58.3 Å². The molecule has 0 atom stereocenters. The average Bonchev–Trinajstić information content (AvgIpc) is 3.06. The fourth-order valence-corrected chi connectivity index (χ4v) is 2.48. The summed E-state index contributed by atoms with van der Waals surface area (Å²) < 4.78 is 0. The molecule has 1 aromatic heterocycles. The molecule has 0 saturated carbocycles. The van der Waals surface area contributed by atoms with Crippen LogP contribution >= 0.6 is 11.3 Å². The van der Waals surface area contributed by atoms with Gasteiger partial charge in [0.2, 0.25) is 0 Å². The van der Waals surface area contributed by atoms with Gasteiger partial charge >= 0.3 is 0 Å². The molecule has 0 unspecified atom stereocenters. The highest BCUT2D eigenvalue weighted by molar-refractivity contribution is 7.12. The Labute approximate surface area is 128 Å². The molecule has 0 saturated heterocycles. The molecule has 2 aromatic rings. The minimum Gasteiger partial charge on any atom is -0.267 e. The first-order valence-corrected chi connectivity index (χ1v) is 7.83. The summed E-state index contributed by atoms with van der Waals surface area (Å²) >= 11 is 1.33. The molecule has 0 aliphatic heterocycles. The maximum Gasteiger partial charge on any atom is 0.285 e. The number of nitrogens with one attached hydrogen (secondary N) is 1. The summed E-state index contributed by atoms with van der Waals surface area (Å²) in [5, 5.41) is 2.95. The molecule has 0 bridgehead atoms. The van der Waals surface area contributed by atoms with E-state index in [1.807, 2.05) is 11.4 Å². The predicted octanol–water partition coefficient (Wildman–Crippen LogP) is 3.34. The van der Waals surface area contributed by atoms with E-state index in [0.717, 1.165) is 17.9 Å². The Balaban J connectivity index is 2.19. The van der Waals surface area contributed by atoms with E-state index in [4.69, 9.17) is 0 Å². The number of hydrazine groups is 1. The van der Waals surface area contributed by atoms with Crippen LogP contribution in [-0.4, -0.2) is 23.4 Å². The van der Waals surface area contributed by atoms with Crippen molar-refractivity contribution in [1.82, 2.24) is 10.4 Å². The number of hydrogen-bond acceptors (Lipinski definition) is 4. The van der Waals surface area contributed by atoms with Gasteiger partial charge in [-0.1, -0.05) is 37.6 Å². The Hall–Kier alpha value is -1.98. The number of thiophene rings is 1. The topological polar surface area (TPSA) is 49.4 Å². The van der Waals surface area contributed by atoms with E-state index in [9.17, 15) is 9.59 Å². The fourth-order valence-electron chi connectivity index (χ4n) is 1.82. The molecular formula is C16H18N2O2S. The van der Waals surface area contributed by atoms with E-state index < -0.39 is 0 Å². The molecule has 0 aliphatic carbocycles. The number of rotatable bonds is 6. The molecule has 1 aromatic carbocycles. The summed E-state index contributed by atoms with van der Waals surface area (Å²) in [6.07, 6.45) is 1.89. The normalized spacial score (nSPS) is 10.3. The van der Waals surface area contributed by atoms with E-state index in [-0.39, 0.29) is 11.8 Å².